The van der Waals surface area contributed by atoms with Gasteiger partial charge in [-0.15, -0.1) is 0 Å². The first kappa shape index (κ1) is 24.2. The predicted octanol–water partition coefficient (Wildman–Crippen LogP) is 2.66. The fourth-order valence-electron chi connectivity index (χ4n) is 3.52. The Labute approximate surface area is 193 Å². The molecular weight excluding hydrogens is 428 g/mol. The monoisotopic (exact) mass is 458 g/mol. The third-order valence-electron chi connectivity index (χ3n) is 5.26. The number of nitrogens with one attached hydrogen (secondary N) is 1. The molecule has 178 valence electrons. The Balaban J connectivity index is 1.55. The molecule has 0 aromatic heterocycles. The quantitative estimate of drug-likeness (QED) is 0.573. The highest BCUT2D eigenvalue weighted by atomic mass is 16.5. The molecule has 1 fully saturated rings. The molecule has 0 radical (unpaired) electrons. The summed E-state index contributed by atoms with van der Waals surface area (Å²) in [6.45, 7) is 4.62. The van der Waals surface area contributed by atoms with Crippen molar-refractivity contribution >= 4 is 23.3 Å². The topological polar surface area (TPSA) is 95.6 Å². The van der Waals surface area contributed by atoms with Crippen molar-refractivity contribution in [1.82, 2.24) is 0 Å². The number of anilines is 2. The lowest BCUT2D eigenvalue weighted by Crippen LogP contribution is -2.36. The maximum Gasteiger partial charge on any atom is 0.311 e. The van der Waals surface area contributed by atoms with E-state index in [1.165, 1.54) is 28.3 Å². The number of morpholine rings is 1. The minimum absolute atomic E-state index is 0.0530. The number of ether oxygens (including phenoxy) is 5. The molecule has 0 aliphatic carbocycles. The second-order valence-corrected chi connectivity index (χ2v) is 7.48. The van der Waals surface area contributed by atoms with Crippen molar-refractivity contribution < 1.29 is 33.3 Å². The summed E-state index contributed by atoms with van der Waals surface area (Å²) >= 11 is 0. The van der Waals surface area contributed by atoms with Gasteiger partial charge in [0, 0.05) is 24.5 Å². The standard InChI is InChI=1S/C24H30N2O7/c1-16(24(28)25-18-5-7-19(8-6-18)26-9-11-32-12-10-26)33-22(27)15-17-13-20(29-2)23(31-4)21(14-17)30-3/h5-8,13-14,16H,9-12,15H2,1-4H3,(H,25,28). The maximum atomic E-state index is 12.5. The molecule has 2 aromatic carbocycles. The van der Waals surface area contributed by atoms with Crippen LogP contribution in [0.5, 0.6) is 17.2 Å². The fraction of sp³-hybridized carbons (Fsp3) is 0.417. The summed E-state index contributed by atoms with van der Waals surface area (Å²) in [5.41, 5.74) is 2.31. The number of hydrogen-bond donors (Lipinski definition) is 1. The molecule has 9 nitrogen and oxygen atoms in total. The van der Waals surface area contributed by atoms with E-state index in [0.29, 0.717) is 41.7 Å². The fourth-order valence-corrected chi connectivity index (χ4v) is 3.52. The summed E-state index contributed by atoms with van der Waals surface area (Å²) in [4.78, 5) is 27.1. The zero-order valence-corrected chi connectivity index (χ0v) is 19.4. The van der Waals surface area contributed by atoms with Crippen LogP contribution in [0.3, 0.4) is 0 Å². The van der Waals surface area contributed by atoms with E-state index >= 15 is 0 Å². The molecule has 0 bridgehead atoms. The predicted molar refractivity (Wildman–Crippen MR) is 123 cm³/mol. The van der Waals surface area contributed by atoms with Crippen molar-refractivity contribution in [2.45, 2.75) is 19.4 Å². The normalized spacial score (nSPS) is 14.2. The molecule has 0 saturated carbocycles. The van der Waals surface area contributed by atoms with Gasteiger partial charge in [0.15, 0.2) is 17.6 Å². The van der Waals surface area contributed by atoms with E-state index in [9.17, 15) is 9.59 Å². The molecule has 1 heterocycles. The Kier molecular flexibility index (Phi) is 8.37. The lowest BCUT2D eigenvalue weighted by molar-refractivity contribution is -0.152. The molecular formula is C24H30N2O7. The Morgan fingerprint density at radius 3 is 2.15 bits per heavy atom. The summed E-state index contributed by atoms with van der Waals surface area (Å²) in [5.74, 6) is 0.350. The molecule has 1 aliphatic heterocycles. The minimum Gasteiger partial charge on any atom is -0.493 e. The number of hydrogen-bond acceptors (Lipinski definition) is 8. The number of nitrogens with zero attached hydrogens (tertiary/aromatic N) is 1. The largest absolute Gasteiger partial charge is 0.493 e. The highest BCUT2D eigenvalue weighted by molar-refractivity contribution is 5.95. The SMILES string of the molecule is COc1cc(CC(=O)OC(C)C(=O)Nc2ccc(N3CCOCC3)cc2)cc(OC)c1OC. The number of amides is 1. The van der Waals surface area contributed by atoms with Crippen molar-refractivity contribution in [3.05, 3.63) is 42.0 Å². The first-order chi connectivity index (χ1) is 15.9. The van der Waals surface area contributed by atoms with Crippen LogP contribution in [-0.2, 0) is 25.5 Å². The number of benzene rings is 2. The molecule has 1 saturated heterocycles. The number of carbonyl (C=O) groups excluding carboxylic acids is 2. The lowest BCUT2D eigenvalue weighted by Gasteiger charge is -2.28. The van der Waals surface area contributed by atoms with Crippen LogP contribution >= 0.6 is 0 Å². The van der Waals surface area contributed by atoms with Crippen LogP contribution in [0.2, 0.25) is 0 Å². The third-order valence-corrected chi connectivity index (χ3v) is 5.26. The van der Waals surface area contributed by atoms with Gasteiger partial charge < -0.3 is 33.9 Å². The maximum absolute atomic E-state index is 12.5. The van der Waals surface area contributed by atoms with Gasteiger partial charge >= 0.3 is 5.97 Å². The molecule has 3 rings (SSSR count). The number of rotatable bonds is 9. The van der Waals surface area contributed by atoms with Gasteiger partial charge in [-0.2, -0.15) is 0 Å². The second kappa shape index (κ2) is 11.4. The van der Waals surface area contributed by atoms with Crippen LogP contribution < -0.4 is 24.4 Å². The molecule has 1 amide bonds. The molecule has 2 aromatic rings. The van der Waals surface area contributed by atoms with Crippen LogP contribution in [0.25, 0.3) is 0 Å². The van der Waals surface area contributed by atoms with E-state index in [1.807, 2.05) is 24.3 Å². The van der Waals surface area contributed by atoms with E-state index in [4.69, 9.17) is 23.7 Å². The number of carbonyl (C=O) groups is 2. The van der Waals surface area contributed by atoms with Gasteiger partial charge in [-0.25, -0.2) is 0 Å². The van der Waals surface area contributed by atoms with Crippen LogP contribution in [0.4, 0.5) is 11.4 Å². The highest BCUT2D eigenvalue weighted by Crippen LogP contribution is 2.38. The third kappa shape index (κ3) is 6.29. The molecule has 1 atom stereocenters. The Morgan fingerprint density at radius 2 is 1.61 bits per heavy atom. The number of esters is 1. The lowest BCUT2D eigenvalue weighted by atomic mass is 10.1. The summed E-state index contributed by atoms with van der Waals surface area (Å²) in [6, 6.07) is 10.9. The average molecular weight is 459 g/mol. The summed E-state index contributed by atoms with van der Waals surface area (Å²) in [6.07, 6.45) is -1.01. The summed E-state index contributed by atoms with van der Waals surface area (Å²) in [5, 5.41) is 2.78. The number of methoxy groups -OCH3 is 3. The van der Waals surface area contributed by atoms with E-state index in [2.05, 4.69) is 10.2 Å². The Bertz CT molecular complexity index is 931. The first-order valence-electron chi connectivity index (χ1n) is 10.7. The van der Waals surface area contributed by atoms with Gasteiger partial charge in [-0.05, 0) is 48.9 Å². The van der Waals surface area contributed by atoms with E-state index in [0.717, 1.165) is 18.8 Å². The van der Waals surface area contributed by atoms with Crippen molar-refractivity contribution in [2.24, 2.45) is 0 Å². The Hall–Kier alpha value is -3.46. The van der Waals surface area contributed by atoms with Gasteiger partial charge in [0.1, 0.15) is 0 Å². The molecule has 33 heavy (non-hydrogen) atoms. The van der Waals surface area contributed by atoms with Crippen LogP contribution in [0.15, 0.2) is 36.4 Å². The second-order valence-electron chi connectivity index (χ2n) is 7.48. The highest BCUT2D eigenvalue weighted by Gasteiger charge is 2.20. The molecule has 9 heteroatoms. The average Bonchev–Trinajstić information content (AvgIpc) is 2.84. The van der Waals surface area contributed by atoms with Crippen LogP contribution in [-0.4, -0.2) is 65.6 Å². The first-order valence-corrected chi connectivity index (χ1v) is 10.7. The van der Waals surface area contributed by atoms with Gasteiger partial charge in [-0.3, -0.25) is 9.59 Å². The van der Waals surface area contributed by atoms with Crippen molar-refractivity contribution in [3.63, 3.8) is 0 Å². The smallest absolute Gasteiger partial charge is 0.311 e. The molecule has 0 spiro atoms. The summed E-state index contributed by atoms with van der Waals surface area (Å²) in [7, 11) is 4.50. The minimum atomic E-state index is -0.960. The molecule has 1 unspecified atom stereocenters. The van der Waals surface area contributed by atoms with Gasteiger partial charge in [0.2, 0.25) is 5.75 Å². The van der Waals surface area contributed by atoms with E-state index < -0.39 is 18.0 Å². The van der Waals surface area contributed by atoms with Crippen LogP contribution in [0.1, 0.15) is 12.5 Å². The summed E-state index contributed by atoms with van der Waals surface area (Å²) < 4.78 is 26.6. The van der Waals surface area contributed by atoms with E-state index in [-0.39, 0.29) is 6.42 Å². The zero-order valence-electron chi connectivity index (χ0n) is 19.4. The van der Waals surface area contributed by atoms with Gasteiger partial charge in [0.05, 0.1) is 41.0 Å². The van der Waals surface area contributed by atoms with Gasteiger partial charge in [-0.1, -0.05) is 0 Å². The van der Waals surface area contributed by atoms with Crippen LogP contribution in [0, 0.1) is 0 Å². The Morgan fingerprint density at radius 1 is 1.00 bits per heavy atom. The molecule has 1 aliphatic rings. The molecule has 1 N–H and O–H groups in total. The van der Waals surface area contributed by atoms with E-state index in [1.54, 1.807) is 12.1 Å². The van der Waals surface area contributed by atoms with Crippen molar-refractivity contribution in [1.29, 1.82) is 0 Å². The zero-order chi connectivity index (χ0) is 23.8. The van der Waals surface area contributed by atoms with Crippen molar-refractivity contribution in [3.8, 4) is 17.2 Å². The van der Waals surface area contributed by atoms with Crippen molar-refractivity contribution in [2.75, 3.05) is 57.8 Å². The van der Waals surface area contributed by atoms with Gasteiger partial charge in [0.25, 0.3) is 5.91 Å².